The number of hydrogen-bond acceptors (Lipinski definition) is 2. The molecule has 82 valence electrons. The summed E-state index contributed by atoms with van der Waals surface area (Å²) in [4.78, 5) is 3.80. The topological polar surface area (TPSA) is 24.4 Å². The van der Waals surface area contributed by atoms with Crippen LogP contribution < -0.4 is 5.32 Å². The summed E-state index contributed by atoms with van der Waals surface area (Å²) in [6.45, 7) is 0.566. The molecule has 0 bridgehead atoms. The van der Waals surface area contributed by atoms with Crippen LogP contribution in [0.4, 0.5) is 4.32 Å². The molecule has 1 aromatic rings. The Bertz CT molecular complexity index is 385. The van der Waals surface area contributed by atoms with Gasteiger partial charge in [0.2, 0.25) is 0 Å². The van der Waals surface area contributed by atoms with Crippen LogP contribution in [0.2, 0.25) is 0 Å². The van der Waals surface area contributed by atoms with E-state index in [4.69, 9.17) is 0 Å². The number of rotatable bonds is 5. The van der Waals surface area contributed by atoms with Crippen molar-refractivity contribution in [2.75, 3.05) is 13.6 Å². The minimum atomic E-state index is 0.485. The molecule has 0 aromatic heterocycles. The predicted molar refractivity (Wildman–Crippen MR) is 69.0 cm³/mol. The third kappa shape index (κ3) is 4.21. The molecule has 0 spiro atoms. The Hall–Kier alpha value is -1.71. The van der Waals surface area contributed by atoms with Crippen LogP contribution in [0.5, 0.6) is 0 Å². The normalized spacial score (nSPS) is 12.0. The van der Waals surface area contributed by atoms with Crippen LogP contribution in [0.15, 0.2) is 47.5 Å². The van der Waals surface area contributed by atoms with Crippen LogP contribution in [0.25, 0.3) is 0 Å². The van der Waals surface area contributed by atoms with Gasteiger partial charge in [-0.25, -0.2) is 0 Å². The summed E-state index contributed by atoms with van der Waals surface area (Å²) in [5.74, 6) is 0. The molecular weight excluding hydrogens is 202 g/mol. The van der Waals surface area contributed by atoms with Crippen molar-refractivity contribution in [3.63, 3.8) is 0 Å². The molecule has 0 aliphatic carbocycles. The Kier molecular flexibility index (Phi) is 5.85. The zero-order chi connectivity index (χ0) is 11.6. The first-order chi connectivity index (χ1) is 7.88. The molecule has 16 heavy (non-hydrogen) atoms. The Morgan fingerprint density at radius 1 is 1.44 bits per heavy atom. The van der Waals surface area contributed by atoms with E-state index in [2.05, 4.69) is 10.3 Å². The van der Waals surface area contributed by atoms with Crippen molar-refractivity contribution in [1.29, 1.82) is 0 Å². The summed E-state index contributed by atoms with van der Waals surface area (Å²) in [5, 5.41) is 2.98. The molecule has 0 atom stereocenters. The van der Waals surface area contributed by atoms with Crippen molar-refractivity contribution in [2.24, 2.45) is 4.99 Å². The number of aliphatic imine (C=N–C) groups is 1. The molecule has 0 aliphatic heterocycles. The molecule has 0 amide bonds. The molecule has 0 saturated carbocycles. The van der Waals surface area contributed by atoms with Crippen LogP contribution in [0, 0.1) is 0 Å². The van der Waals surface area contributed by atoms with Gasteiger partial charge in [-0.2, -0.15) is 0 Å². The van der Waals surface area contributed by atoms with Gasteiger partial charge in [-0.05, 0) is 0 Å². The van der Waals surface area contributed by atoms with Gasteiger partial charge < -0.3 is 0 Å². The molecule has 1 aromatic carbocycles. The van der Waals surface area contributed by atoms with Gasteiger partial charge in [0.05, 0.1) is 0 Å². The standard InChI is InChI=1S/C12H14BFN2/c1-15-9-5-6-10-16-12(13-14)11-7-3-2-4-8-11/h2-9,16H,10H2,1H3/b6-5-,15-9?. The summed E-state index contributed by atoms with van der Waals surface area (Å²) < 4.78 is 12.6. The van der Waals surface area contributed by atoms with Crippen molar-refractivity contribution in [2.45, 2.75) is 0 Å². The van der Waals surface area contributed by atoms with Crippen molar-refractivity contribution in [1.82, 2.24) is 5.32 Å². The number of nitrogens with one attached hydrogen (secondary N) is 1. The van der Waals surface area contributed by atoms with Gasteiger partial charge in [-0.15, -0.1) is 0 Å². The molecule has 1 N–H and O–H groups in total. The van der Waals surface area contributed by atoms with E-state index in [0.29, 0.717) is 19.3 Å². The molecule has 0 saturated heterocycles. The van der Waals surface area contributed by atoms with Gasteiger partial charge in [0.25, 0.3) is 0 Å². The van der Waals surface area contributed by atoms with E-state index in [9.17, 15) is 4.32 Å². The first-order valence-electron chi connectivity index (χ1n) is 5.05. The van der Waals surface area contributed by atoms with E-state index >= 15 is 0 Å². The predicted octanol–water partition coefficient (Wildman–Crippen LogP) is 1.60. The van der Waals surface area contributed by atoms with Gasteiger partial charge in [0.15, 0.2) is 0 Å². The molecule has 1 rings (SSSR count). The molecule has 0 unspecified atom stereocenters. The number of halogens is 1. The zero-order valence-electron chi connectivity index (χ0n) is 9.23. The molecule has 2 nitrogen and oxygen atoms in total. The first-order valence-corrected chi connectivity index (χ1v) is 5.05. The van der Waals surface area contributed by atoms with Crippen molar-refractivity contribution in [3.05, 3.63) is 48.0 Å². The monoisotopic (exact) mass is 216 g/mol. The number of allylic oxidation sites excluding steroid dienone is 1. The van der Waals surface area contributed by atoms with Crippen LogP contribution in [0.3, 0.4) is 0 Å². The quantitative estimate of drug-likeness (QED) is 0.586. The average molecular weight is 216 g/mol. The second kappa shape index (κ2) is 7.57. The number of hydrogen-bond donors (Lipinski definition) is 1. The summed E-state index contributed by atoms with van der Waals surface area (Å²) >= 11 is 0. The Morgan fingerprint density at radius 2 is 2.19 bits per heavy atom. The molecule has 0 radical (unpaired) electrons. The van der Waals surface area contributed by atoms with Crippen LogP contribution in [0.1, 0.15) is 5.56 Å². The van der Waals surface area contributed by atoms with Gasteiger partial charge in [-0.3, -0.25) is 0 Å². The van der Waals surface area contributed by atoms with Crippen LogP contribution >= 0.6 is 0 Å². The van der Waals surface area contributed by atoms with E-state index in [0.717, 1.165) is 5.56 Å². The summed E-state index contributed by atoms with van der Waals surface area (Å²) in [6, 6.07) is 9.36. The molecule has 0 aliphatic rings. The van der Waals surface area contributed by atoms with E-state index in [1.807, 2.05) is 42.5 Å². The van der Waals surface area contributed by atoms with Gasteiger partial charge in [-0.1, -0.05) is 0 Å². The zero-order valence-corrected chi connectivity index (χ0v) is 9.23. The molecule has 4 heteroatoms. The number of benzene rings is 1. The second-order valence-electron chi connectivity index (χ2n) is 3.11. The van der Waals surface area contributed by atoms with Crippen molar-refractivity contribution in [3.8, 4) is 0 Å². The average Bonchev–Trinajstić information content (AvgIpc) is 2.35. The van der Waals surface area contributed by atoms with Crippen LogP contribution in [-0.4, -0.2) is 32.6 Å². The third-order valence-corrected chi connectivity index (χ3v) is 1.98. The fourth-order valence-electron chi connectivity index (χ4n) is 1.21. The van der Waals surface area contributed by atoms with Crippen molar-refractivity contribution >= 4 is 19.0 Å². The maximum atomic E-state index is 12.6. The fourth-order valence-corrected chi connectivity index (χ4v) is 1.21. The van der Waals surface area contributed by atoms with E-state index in [-0.39, 0.29) is 0 Å². The fraction of sp³-hybridized carbons (Fsp3) is 0.167. The Morgan fingerprint density at radius 3 is 2.81 bits per heavy atom. The Balaban J connectivity index is 2.52. The van der Waals surface area contributed by atoms with Gasteiger partial charge in [0.1, 0.15) is 0 Å². The van der Waals surface area contributed by atoms with E-state index < -0.39 is 0 Å². The minimum absolute atomic E-state index is 0.485. The summed E-state index contributed by atoms with van der Waals surface area (Å²) in [5.41, 5.74) is 1.32. The SMILES string of the molecule is CN=C/C=C\CNC(=BF)c1ccccc1. The van der Waals surface area contributed by atoms with Crippen molar-refractivity contribution < 1.29 is 4.32 Å². The molecule has 0 fully saturated rings. The van der Waals surface area contributed by atoms with E-state index in [1.165, 1.54) is 0 Å². The summed E-state index contributed by atoms with van der Waals surface area (Å²) in [7, 11) is 2.28. The first kappa shape index (κ1) is 12.4. The molecular formula is C12H14BFN2. The number of nitrogens with zero attached hydrogens (tertiary/aromatic N) is 1. The molecule has 0 heterocycles. The summed E-state index contributed by atoms with van der Waals surface area (Å²) in [6.07, 6.45) is 5.37. The third-order valence-electron chi connectivity index (χ3n) is 1.98. The van der Waals surface area contributed by atoms with Gasteiger partial charge >= 0.3 is 95.3 Å². The Labute approximate surface area is 95.9 Å². The maximum absolute atomic E-state index is 12.6. The van der Waals surface area contributed by atoms with E-state index in [1.54, 1.807) is 13.3 Å². The second-order valence-corrected chi connectivity index (χ2v) is 3.11. The van der Waals surface area contributed by atoms with Crippen LogP contribution in [-0.2, 0) is 0 Å². The van der Waals surface area contributed by atoms with Gasteiger partial charge in [0, 0.05) is 0 Å².